The van der Waals surface area contributed by atoms with E-state index in [1.165, 1.54) is 0 Å². The molecule has 0 unspecified atom stereocenters. The second kappa shape index (κ2) is 5.79. The van der Waals surface area contributed by atoms with Crippen LogP contribution in [0.25, 0.3) is 11.4 Å². The van der Waals surface area contributed by atoms with Crippen LogP contribution in [0.3, 0.4) is 0 Å². The number of H-pyrrole nitrogens is 1. The molecule has 1 aromatic carbocycles. The smallest absolute Gasteiger partial charge is 0.264 e. The number of rotatable bonds is 4. The molecule has 0 spiro atoms. The topological polar surface area (TPSA) is 55.0 Å². The lowest BCUT2D eigenvalue weighted by molar-refractivity contribution is 0.242. The Kier molecular flexibility index (Phi) is 4.01. The Balaban J connectivity index is 1.94. The molecule has 0 radical (unpaired) electrons. The van der Waals surface area contributed by atoms with Crippen molar-refractivity contribution in [3.63, 3.8) is 0 Å². The van der Waals surface area contributed by atoms with Gasteiger partial charge < -0.3 is 9.72 Å². The van der Waals surface area contributed by atoms with E-state index in [1.54, 1.807) is 0 Å². The van der Waals surface area contributed by atoms with E-state index in [1.807, 2.05) is 38.1 Å². The average Bonchev–Trinajstić information content (AvgIpc) is 3.26. The third-order valence-electron chi connectivity index (χ3n) is 3.35. The van der Waals surface area contributed by atoms with Gasteiger partial charge in [0.1, 0.15) is 11.6 Å². The van der Waals surface area contributed by atoms with E-state index in [-0.39, 0.29) is 11.7 Å². The Hall–Kier alpha value is -1.37. The molecule has 0 atom stereocenters. The maximum absolute atomic E-state index is 12.1. The van der Waals surface area contributed by atoms with E-state index in [0.29, 0.717) is 11.7 Å². The fourth-order valence-electron chi connectivity index (χ4n) is 2.20. The molecule has 1 aromatic heterocycles. The van der Waals surface area contributed by atoms with Gasteiger partial charge in [0.25, 0.3) is 5.56 Å². The highest BCUT2D eigenvalue weighted by atomic mass is 127. The molecule has 110 valence electrons. The standard InChI is InChI=1S/C16H17IN2O2/c1-9(2)21-12-7-5-11(6-8-12)15-18-14(10-3-4-10)13(17)16(20)19-15/h5-10H,3-4H2,1-2H3,(H,18,19,20). The molecule has 5 heteroatoms. The van der Waals surface area contributed by atoms with Crippen molar-refractivity contribution in [1.82, 2.24) is 9.97 Å². The summed E-state index contributed by atoms with van der Waals surface area (Å²) in [6.45, 7) is 3.99. The quantitative estimate of drug-likeness (QED) is 0.802. The van der Waals surface area contributed by atoms with Gasteiger partial charge in [-0.25, -0.2) is 4.98 Å². The maximum atomic E-state index is 12.1. The van der Waals surface area contributed by atoms with Gasteiger partial charge in [0.05, 0.1) is 15.4 Å². The summed E-state index contributed by atoms with van der Waals surface area (Å²) in [6.07, 6.45) is 2.41. The lowest BCUT2D eigenvalue weighted by Crippen LogP contribution is -2.16. The van der Waals surface area contributed by atoms with Gasteiger partial charge in [-0.1, -0.05) is 0 Å². The van der Waals surface area contributed by atoms with Crippen LogP contribution in [0.4, 0.5) is 0 Å². The third-order valence-corrected chi connectivity index (χ3v) is 4.39. The van der Waals surface area contributed by atoms with Crippen molar-refractivity contribution in [2.45, 2.75) is 38.7 Å². The predicted octanol–water partition coefficient (Wildman–Crippen LogP) is 3.71. The molecule has 21 heavy (non-hydrogen) atoms. The van der Waals surface area contributed by atoms with Crippen molar-refractivity contribution in [3.8, 4) is 17.1 Å². The van der Waals surface area contributed by atoms with Crippen molar-refractivity contribution in [1.29, 1.82) is 0 Å². The Morgan fingerprint density at radius 1 is 1.29 bits per heavy atom. The largest absolute Gasteiger partial charge is 0.491 e. The molecule has 0 aliphatic heterocycles. The zero-order valence-corrected chi connectivity index (χ0v) is 14.2. The molecule has 1 aliphatic carbocycles. The lowest BCUT2D eigenvalue weighted by Gasteiger charge is -2.10. The predicted molar refractivity (Wildman–Crippen MR) is 90.7 cm³/mol. The van der Waals surface area contributed by atoms with Gasteiger partial charge in [-0.15, -0.1) is 0 Å². The Labute approximate surface area is 137 Å². The summed E-state index contributed by atoms with van der Waals surface area (Å²) >= 11 is 2.09. The molecule has 1 N–H and O–H groups in total. The van der Waals surface area contributed by atoms with Crippen molar-refractivity contribution < 1.29 is 4.74 Å². The number of benzene rings is 1. The summed E-state index contributed by atoms with van der Waals surface area (Å²) in [5.41, 5.74) is 1.79. The second-order valence-corrected chi connectivity index (χ2v) is 6.66. The number of aromatic amines is 1. The molecule has 1 heterocycles. The van der Waals surface area contributed by atoms with Crippen molar-refractivity contribution in [2.24, 2.45) is 0 Å². The zero-order valence-electron chi connectivity index (χ0n) is 12.0. The van der Waals surface area contributed by atoms with Gasteiger partial charge in [-0.2, -0.15) is 0 Å². The first-order valence-electron chi connectivity index (χ1n) is 7.11. The normalized spacial score (nSPS) is 14.5. The molecule has 0 amide bonds. The Morgan fingerprint density at radius 2 is 1.95 bits per heavy atom. The van der Waals surface area contributed by atoms with Crippen LogP contribution < -0.4 is 10.3 Å². The number of hydrogen-bond acceptors (Lipinski definition) is 3. The van der Waals surface area contributed by atoms with Crippen LogP contribution in [0.1, 0.15) is 38.3 Å². The van der Waals surface area contributed by atoms with Crippen LogP contribution in [-0.4, -0.2) is 16.1 Å². The summed E-state index contributed by atoms with van der Waals surface area (Å²) in [5.74, 6) is 1.92. The van der Waals surface area contributed by atoms with Crippen molar-refractivity contribution in [2.75, 3.05) is 0 Å². The van der Waals surface area contributed by atoms with Gasteiger partial charge in [-0.05, 0) is 73.5 Å². The third kappa shape index (κ3) is 3.28. The summed E-state index contributed by atoms with van der Waals surface area (Å²) < 4.78 is 6.35. The molecular formula is C16H17IN2O2. The van der Waals surface area contributed by atoms with Gasteiger partial charge in [0.2, 0.25) is 0 Å². The minimum Gasteiger partial charge on any atom is -0.491 e. The highest BCUT2D eigenvalue weighted by Crippen LogP contribution is 2.40. The van der Waals surface area contributed by atoms with Crippen LogP contribution in [-0.2, 0) is 0 Å². The summed E-state index contributed by atoms with van der Waals surface area (Å²) in [6, 6.07) is 7.67. The van der Waals surface area contributed by atoms with E-state index < -0.39 is 0 Å². The summed E-state index contributed by atoms with van der Waals surface area (Å²) in [5, 5.41) is 0. The van der Waals surface area contributed by atoms with E-state index in [9.17, 15) is 4.79 Å². The van der Waals surface area contributed by atoms with E-state index in [4.69, 9.17) is 4.74 Å². The van der Waals surface area contributed by atoms with Gasteiger partial charge >= 0.3 is 0 Å². The van der Waals surface area contributed by atoms with Crippen LogP contribution in [0.5, 0.6) is 5.75 Å². The van der Waals surface area contributed by atoms with E-state index in [2.05, 4.69) is 32.6 Å². The van der Waals surface area contributed by atoms with Gasteiger partial charge in [0.15, 0.2) is 0 Å². The number of ether oxygens (including phenoxy) is 1. The molecule has 4 nitrogen and oxygen atoms in total. The maximum Gasteiger partial charge on any atom is 0.264 e. The lowest BCUT2D eigenvalue weighted by atomic mass is 10.2. The molecule has 3 rings (SSSR count). The molecule has 1 aliphatic rings. The first-order chi connectivity index (χ1) is 10.0. The second-order valence-electron chi connectivity index (χ2n) is 5.58. The molecule has 2 aromatic rings. The molecule has 1 fully saturated rings. The number of nitrogens with one attached hydrogen (secondary N) is 1. The zero-order chi connectivity index (χ0) is 15.0. The summed E-state index contributed by atoms with van der Waals surface area (Å²) in [7, 11) is 0. The minimum atomic E-state index is -0.0509. The van der Waals surface area contributed by atoms with E-state index >= 15 is 0 Å². The van der Waals surface area contributed by atoms with Crippen LogP contribution >= 0.6 is 22.6 Å². The van der Waals surface area contributed by atoms with Crippen molar-refractivity contribution in [3.05, 3.63) is 43.9 Å². The SMILES string of the molecule is CC(C)Oc1ccc(-c2nc(C3CC3)c(I)c(=O)[nH]2)cc1. The fourth-order valence-corrected chi connectivity index (χ4v) is 2.90. The first-order valence-corrected chi connectivity index (χ1v) is 8.19. The summed E-state index contributed by atoms with van der Waals surface area (Å²) in [4.78, 5) is 19.6. The van der Waals surface area contributed by atoms with Gasteiger partial charge in [-0.3, -0.25) is 4.79 Å². The minimum absolute atomic E-state index is 0.0509. The number of nitrogens with zero attached hydrogens (tertiary/aromatic N) is 1. The molecule has 0 saturated heterocycles. The number of aromatic nitrogens is 2. The Morgan fingerprint density at radius 3 is 2.52 bits per heavy atom. The first kappa shape index (κ1) is 14.6. The molecule has 0 bridgehead atoms. The molecule has 1 saturated carbocycles. The molecular weight excluding hydrogens is 379 g/mol. The van der Waals surface area contributed by atoms with Crippen LogP contribution in [0.15, 0.2) is 29.1 Å². The van der Waals surface area contributed by atoms with Gasteiger partial charge in [0, 0.05) is 11.5 Å². The van der Waals surface area contributed by atoms with Crippen LogP contribution in [0.2, 0.25) is 0 Å². The van der Waals surface area contributed by atoms with E-state index in [0.717, 1.165) is 33.4 Å². The number of hydrogen-bond donors (Lipinski definition) is 1. The highest BCUT2D eigenvalue weighted by molar-refractivity contribution is 14.1. The highest BCUT2D eigenvalue weighted by Gasteiger charge is 2.29. The Bertz CT molecular complexity index is 703. The average molecular weight is 396 g/mol. The number of halogens is 1. The monoisotopic (exact) mass is 396 g/mol. The van der Waals surface area contributed by atoms with Crippen molar-refractivity contribution >= 4 is 22.6 Å². The fraction of sp³-hybridized carbons (Fsp3) is 0.375. The van der Waals surface area contributed by atoms with Crippen LogP contribution in [0, 0.1) is 3.57 Å².